The fourth-order valence-corrected chi connectivity index (χ4v) is 2.05. The predicted molar refractivity (Wildman–Crippen MR) is 78.7 cm³/mol. The Morgan fingerprint density at radius 2 is 1.63 bits per heavy atom. The van der Waals surface area contributed by atoms with Crippen molar-refractivity contribution in [1.29, 1.82) is 0 Å². The second kappa shape index (κ2) is 4.94. The number of hydrogen-bond acceptors (Lipinski definition) is 2. The van der Waals surface area contributed by atoms with Crippen LogP contribution in [0.3, 0.4) is 0 Å². The van der Waals surface area contributed by atoms with Gasteiger partial charge in [-0.15, -0.1) is 0 Å². The lowest BCUT2D eigenvalue weighted by Crippen LogP contribution is -1.84. The minimum absolute atomic E-state index is 0.261. The van der Waals surface area contributed by atoms with E-state index in [1.807, 2.05) is 48.5 Å². The fraction of sp³-hybridized carbons (Fsp3) is 0. The molecule has 0 bridgehead atoms. The molecule has 0 aliphatic heterocycles. The number of nitrogens with zero attached hydrogens (tertiary/aromatic N) is 1. The number of hydrogen-bond donors (Lipinski definition) is 1. The molecule has 0 fully saturated rings. The van der Waals surface area contributed by atoms with Crippen molar-refractivity contribution in [3.63, 3.8) is 0 Å². The van der Waals surface area contributed by atoms with E-state index in [2.05, 4.69) is 11.1 Å². The highest BCUT2D eigenvalue weighted by molar-refractivity contribution is 5.87. The molecule has 1 heterocycles. The highest BCUT2D eigenvalue weighted by atomic mass is 16.3. The van der Waals surface area contributed by atoms with Crippen molar-refractivity contribution in [2.75, 3.05) is 0 Å². The first-order chi connectivity index (χ1) is 9.33. The predicted octanol–water partition coefficient (Wildman–Crippen LogP) is 4.29. The van der Waals surface area contributed by atoms with Crippen LogP contribution in [0.5, 0.6) is 0 Å². The number of aliphatic hydroxyl groups is 1. The molecule has 1 aromatic heterocycles. The average molecular weight is 247 g/mol. The van der Waals surface area contributed by atoms with Crippen LogP contribution in [0.1, 0.15) is 11.1 Å². The summed E-state index contributed by atoms with van der Waals surface area (Å²) >= 11 is 0. The Kier molecular flexibility index (Phi) is 2.99. The van der Waals surface area contributed by atoms with Gasteiger partial charge in [0, 0.05) is 18.0 Å². The van der Waals surface area contributed by atoms with Gasteiger partial charge in [-0.25, -0.2) is 0 Å². The van der Waals surface area contributed by atoms with E-state index < -0.39 is 0 Å². The van der Waals surface area contributed by atoms with Gasteiger partial charge in [0.25, 0.3) is 0 Å². The van der Waals surface area contributed by atoms with Gasteiger partial charge < -0.3 is 5.11 Å². The molecule has 92 valence electrons. The van der Waals surface area contributed by atoms with Crippen LogP contribution in [0.4, 0.5) is 0 Å². The summed E-state index contributed by atoms with van der Waals surface area (Å²) in [5.41, 5.74) is 1.75. The van der Waals surface area contributed by atoms with Crippen LogP contribution in [0.15, 0.2) is 67.0 Å². The Morgan fingerprint density at radius 3 is 2.42 bits per heavy atom. The molecule has 0 aliphatic carbocycles. The van der Waals surface area contributed by atoms with E-state index in [0.717, 1.165) is 16.5 Å². The molecule has 0 saturated carbocycles. The van der Waals surface area contributed by atoms with Gasteiger partial charge >= 0.3 is 0 Å². The second-order valence-electron chi connectivity index (χ2n) is 4.37. The maximum absolute atomic E-state index is 10.2. The number of aliphatic hydroxyl groups excluding tert-OH is 1. The number of rotatable bonds is 2. The minimum Gasteiger partial charge on any atom is -0.507 e. The summed E-state index contributed by atoms with van der Waals surface area (Å²) in [4.78, 5) is 3.96. The highest BCUT2D eigenvalue weighted by Crippen LogP contribution is 2.21. The quantitative estimate of drug-likeness (QED) is 0.685. The molecular weight excluding hydrogens is 234 g/mol. The van der Waals surface area contributed by atoms with Gasteiger partial charge in [0.15, 0.2) is 0 Å². The normalized spacial score (nSPS) is 11.7. The fourth-order valence-electron chi connectivity index (χ4n) is 2.05. The zero-order valence-electron chi connectivity index (χ0n) is 10.3. The molecule has 3 rings (SSSR count). The lowest BCUT2D eigenvalue weighted by atomic mass is 10.0. The number of fused-ring (bicyclic) bond motifs is 1. The molecule has 2 nitrogen and oxygen atoms in total. The van der Waals surface area contributed by atoms with Gasteiger partial charge in [-0.3, -0.25) is 4.98 Å². The van der Waals surface area contributed by atoms with E-state index >= 15 is 0 Å². The Hall–Kier alpha value is -2.61. The largest absolute Gasteiger partial charge is 0.507 e. The lowest BCUT2D eigenvalue weighted by Gasteiger charge is -2.03. The summed E-state index contributed by atoms with van der Waals surface area (Å²) in [5, 5.41) is 12.5. The van der Waals surface area contributed by atoms with Gasteiger partial charge in [0.05, 0.1) is 0 Å². The van der Waals surface area contributed by atoms with E-state index in [0.29, 0.717) is 0 Å². The molecular formula is C17H13NO. The number of pyridine rings is 1. The van der Waals surface area contributed by atoms with Crippen molar-refractivity contribution in [3.8, 4) is 0 Å². The van der Waals surface area contributed by atoms with Crippen molar-refractivity contribution in [2.45, 2.75) is 0 Å². The number of aromatic nitrogens is 1. The van der Waals surface area contributed by atoms with Crippen LogP contribution in [0.2, 0.25) is 0 Å². The third-order valence-electron chi connectivity index (χ3n) is 3.05. The molecule has 2 heteroatoms. The van der Waals surface area contributed by atoms with Crippen molar-refractivity contribution in [3.05, 3.63) is 78.1 Å². The van der Waals surface area contributed by atoms with Crippen molar-refractivity contribution < 1.29 is 5.11 Å². The third-order valence-corrected chi connectivity index (χ3v) is 3.05. The molecule has 0 unspecified atom stereocenters. The van der Waals surface area contributed by atoms with Crippen LogP contribution in [0.25, 0.3) is 22.6 Å². The zero-order chi connectivity index (χ0) is 13.1. The van der Waals surface area contributed by atoms with Gasteiger partial charge in [-0.2, -0.15) is 0 Å². The van der Waals surface area contributed by atoms with Crippen molar-refractivity contribution in [2.24, 2.45) is 0 Å². The maximum Gasteiger partial charge on any atom is 0.123 e. The van der Waals surface area contributed by atoms with Gasteiger partial charge in [-0.1, -0.05) is 36.4 Å². The summed E-state index contributed by atoms with van der Waals surface area (Å²) in [6.07, 6.45) is 5.16. The van der Waals surface area contributed by atoms with Crippen molar-refractivity contribution in [1.82, 2.24) is 4.98 Å². The summed E-state index contributed by atoms with van der Waals surface area (Å²) in [7, 11) is 0. The first-order valence-electron chi connectivity index (χ1n) is 6.13. The molecule has 0 amide bonds. The first-order valence-corrected chi connectivity index (χ1v) is 6.13. The summed E-state index contributed by atoms with van der Waals surface area (Å²) in [6.45, 7) is 0. The smallest absolute Gasteiger partial charge is 0.123 e. The minimum atomic E-state index is 0.261. The van der Waals surface area contributed by atoms with Crippen molar-refractivity contribution >= 4 is 22.6 Å². The Labute approximate surface area is 111 Å². The molecule has 0 atom stereocenters. The second-order valence-corrected chi connectivity index (χ2v) is 4.37. The van der Waals surface area contributed by atoms with E-state index in [1.54, 1.807) is 18.5 Å². The standard InChI is InChI=1S/C17H13NO/c19-17(11-13-7-9-18-10-8-13)16-6-5-14-3-1-2-4-15(14)12-16/h1-12,19H/b17-11-. The maximum atomic E-state index is 10.2. The van der Waals surface area contributed by atoms with Gasteiger partial charge in [0.1, 0.15) is 5.76 Å². The van der Waals surface area contributed by atoms with Crippen LogP contribution < -0.4 is 0 Å². The average Bonchev–Trinajstić information content (AvgIpc) is 2.48. The summed E-state index contributed by atoms with van der Waals surface area (Å²) in [5.74, 6) is 0.261. The topological polar surface area (TPSA) is 33.1 Å². The third kappa shape index (κ3) is 2.47. The van der Waals surface area contributed by atoms with Crippen LogP contribution in [0, 0.1) is 0 Å². The van der Waals surface area contributed by atoms with E-state index in [9.17, 15) is 5.11 Å². The molecule has 3 aromatic rings. The monoisotopic (exact) mass is 247 g/mol. The Morgan fingerprint density at radius 1 is 0.895 bits per heavy atom. The molecule has 2 aromatic carbocycles. The molecule has 19 heavy (non-hydrogen) atoms. The van der Waals surface area contributed by atoms with Crippen LogP contribution >= 0.6 is 0 Å². The zero-order valence-corrected chi connectivity index (χ0v) is 10.3. The van der Waals surface area contributed by atoms with Crippen LogP contribution in [-0.2, 0) is 0 Å². The van der Waals surface area contributed by atoms with Crippen LogP contribution in [-0.4, -0.2) is 10.1 Å². The van der Waals surface area contributed by atoms with E-state index in [-0.39, 0.29) is 5.76 Å². The Balaban J connectivity index is 2.02. The SMILES string of the molecule is O/C(=C\c1ccncc1)c1ccc2ccccc2c1. The highest BCUT2D eigenvalue weighted by Gasteiger charge is 2.01. The van der Waals surface area contributed by atoms with Gasteiger partial charge in [-0.05, 0) is 40.6 Å². The Bertz CT molecular complexity index is 732. The summed E-state index contributed by atoms with van der Waals surface area (Å²) in [6, 6.07) is 17.7. The summed E-state index contributed by atoms with van der Waals surface area (Å²) < 4.78 is 0. The lowest BCUT2D eigenvalue weighted by molar-refractivity contribution is 0.515. The number of benzene rings is 2. The van der Waals surface area contributed by atoms with Gasteiger partial charge in [0.2, 0.25) is 0 Å². The van der Waals surface area contributed by atoms with E-state index in [1.165, 1.54) is 5.39 Å². The molecule has 0 radical (unpaired) electrons. The molecule has 0 aliphatic rings. The van der Waals surface area contributed by atoms with E-state index in [4.69, 9.17) is 0 Å². The molecule has 1 N–H and O–H groups in total. The molecule has 0 saturated heterocycles. The molecule has 0 spiro atoms. The first kappa shape index (κ1) is 11.5.